The molecule has 1 N–H and O–H groups in total. The molecule has 2 nitrogen and oxygen atoms in total. The third kappa shape index (κ3) is 3.96. The number of rotatable bonds is 5. The fourth-order valence-corrected chi connectivity index (χ4v) is 4.54. The molecule has 0 atom stereocenters. The number of aromatic nitrogens is 1. The van der Waals surface area contributed by atoms with Crippen molar-refractivity contribution in [1.82, 2.24) is 4.98 Å². The normalized spacial score (nSPS) is 17.1. The van der Waals surface area contributed by atoms with Crippen LogP contribution >= 0.6 is 63.7 Å². The Morgan fingerprint density at radius 1 is 1.04 bits per heavy atom. The molecule has 1 aromatic heterocycles. The first-order valence-electron chi connectivity index (χ1n) is 7.60. The summed E-state index contributed by atoms with van der Waals surface area (Å²) in [5.74, 6) is 0. The van der Waals surface area contributed by atoms with E-state index in [2.05, 4.69) is 102 Å². The zero-order chi connectivity index (χ0) is 17.3. The van der Waals surface area contributed by atoms with Crippen LogP contribution in [0, 0.1) is 6.92 Å². The van der Waals surface area contributed by atoms with Crippen molar-refractivity contribution in [2.75, 3.05) is 0 Å². The van der Waals surface area contributed by atoms with Crippen LogP contribution in [0.4, 0.5) is 0 Å². The van der Waals surface area contributed by atoms with Crippen molar-refractivity contribution in [1.29, 1.82) is 0 Å². The van der Waals surface area contributed by atoms with Gasteiger partial charge in [0.05, 0.1) is 11.4 Å². The first-order valence-corrected chi connectivity index (χ1v) is 11.3. The molecule has 2 heterocycles. The Labute approximate surface area is 171 Å². The van der Waals surface area contributed by atoms with Gasteiger partial charge in [-0.25, -0.2) is 0 Å². The maximum Gasteiger partial charge on any atom is 0.112 e. The molecule has 0 saturated heterocycles. The number of nitrogens with one attached hydrogen (secondary N) is 1. The van der Waals surface area contributed by atoms with Crippen LogP contribution in [0.5, 0.6) is 0 Å². The van der Waals surface area contributed by atoms with Gasteiger partial charge in [0, 0.05) is 11.4 Å². The van der Waals surface area contributed by atoms with Crippen LogP contribution in [-0.2, 0) is 6.42 Å². The summed E-state index contributed by atoms with van der Waals surface area (Å²) in [4.78, 5) is 8.37. The van der Waals surface area contributed by atoms with Crippen molar-refractivity contribution >= 4 is 75.5 Å². The van der Waals surface area contributed by atoms with E-state index in [1.54, 1.807) is 0 Å². The highest BCUT2D eigenvalue weighted by Gasteiger charge is 2.24. The van der Waals surface area contributed by atoms with Crippen LogP contribution in [0.3, 0.4) is 0 Å². The summed E-state index contributed by atoms with van der Waals surface area (Å²) in [7, 11) is 0. The standard InChI is InChI=1S/C17H20Br4N2/c1-5-10-8(3)12(22-14(10)16(18)19)7-13-9(4)11(6-2)15(23-13)17(20)21/h7,16-17,22H,5-6H2,1-4H3/b13-7-. The van der Waals surface area contributed by atoms with Crippen LogP contribution in [-0.4, -0.2) is 14.4 Å². The molecule has 0 fully saturated rings. The first kappa shape index (κ1) is 19.7. The average molecular weight is 572 g/mol. The van der Waals surface area contributed by atoms with Crippen LogP contribution in [0.1, 0.15) is 53.4 Å². The number of hydrogen-bond acceptors (Lipinski definition) is 1. The summed E-state index contributed by atoms with van der Waals surface area (Å²) in [6.45, 7) is 8.69. The van der Waals surface area contributed by atoms with Gasteiger partial charge in [0.15, 0.2) is 0 Å². The number of H-pyrrole nitrogens is 1. The lowest BCUT2D eigenvalue weighted by Crippen LogP contribution is -2.07. The lowest BCUT2D eigenvalue weighted by Gasteiger charge is -2.05. The fraction of sp³-hybridized carbons (Fsp3) is 0.471. The molecule has 0 aromatic carbocycles. The fourth-order valence-electron chi connectivity index (χ4n) is 3.00. The number of halogens is 4. The third-order valence-corrected chi connectivity index (χ3v) is 6.03. The van der Waals surface area contributed by atoms with Crippen LogP contribution < -0.4 is 0 Å². The molecule has 1 aliphatic rings. The molecule has 0 bridgehead atoms. The molecule has 23 heavy (non-hydrogen) atoms. The van der Waals surface area contributed by atoms with Gasteiger partial charge in [-0.1, -0.05) is 77.6 Å². The van der Waals surface area contributed by atoms with Crippen molar-refractivity contribution in [2.45, 2.75) is 48.0 Å². The smallest absolute Gasteiger partial charge is 0.112 e. The minimum Gasteiger partial charge on any atom is -0.357 e. The Bertz CT molecular complexity index is 694. The van der Waals surface area contributed by atoms with E-state index in [1.165, 1.54) is 28.0 Å². The van der Waals surface area contributed by atoms with Crippen LogP contribution in [0.15, 0.2) is 21.8 Å². The molecule has 0 radical (unpaired) electrons. The van der Waals surface area contributed by atoms with E-state index in [9.17, 15) is 0 Å². The van der Waals surface area contributed by atoms with E-state index in [-0.39, 0.29) is 7.47 Å². The van der Waals surface area contributed by atoms with Gasteiger partial charge in [0.1, 0.15) is 7.47 Å². The second kappa shape index (κ2) is 8.15. The second-order valence-corrected chi connectivity index (χ2v) is 11.6. The van der Waals surface area contributed by atoms with Gasteiger partial charge in [-0.05, 0) is 55.0 Å². The quantitative estimate of drug-likeness (QED) is 0.359. The van der Waals surface area contributed by atoms with E-state index >= 15 is 0 Å². The molecule has 126 valence electrons. The Hall–Kier alpha value is 0.350. The largest absolute Gasteiger partial charge is 0.357 e. The summed E-state index contributed by atoms with van der Waals surface area (Å²) in [5, 5.41) is 0. The van der Waals surface area contributed by atoms with Gasteiger partial charge in [-0.3, -0.25) is 4.99 Å². The molecule has 0 spiro atoms. The topological polar surface area (TPSA) is 28.1 Å². The predicted octanol–water partition coefficient (Wildman–Crippen LogP) is 7.31. The molecule has 2 rings (SSSR count). The lowest BCUT2D eigenvalue weighted by molar-refractivity contribution is 1.08. The third-order valence-electron chi connectivity index (χ3n) is 4.25. The molecule has 1 aliphatic heterocycles. The van der Waals surface area contributed by atoms with E-state index < -0.39 is 0 Å². The Morgan fingerprint density at radius 3 is 2.09 bits per heavy atom. The maximum absolute atomic E-state index is 4.83. The highest BCUT2D eigenvalue weighted by molar-refractivity contribution is 9.25. The number of aromatic amines is 1. The molecular weight excluding hydrogens is 552 g/mol. The number of hydrogen-bond donors (Lipinski definition) is 1. The summed E-state index contributed by atoms with van der Waals surface area (Å²) in [6, 6.07) is 0. The summed E-state index contributed by atoms with van der Waals surface area (Å²) in [5.41, 5.74) is 9.67. The second-order valence-electron chi connectivity index (χ2n) is 5.49. The summed E-state index contributed by atoms with van der Waals surface area (Å²) < 4.78 is 0.225. The minimum atomic E-state index is 0.0896. The summed E-state index contributed by atoms with van der Waals surface area (Å²) in [6.07, 6.45) is 4.15. The predicted molar refractivity (Wildman–Crippen MR) is 116 cm³/mol. The van der Waals surface area contributed by atoms with Gasteiger partial charge in [0.2, 0.25) is 0 Å². The van der Waals surface area contributed by atoms with E-state index in [0.717, 1.165) is 29.9 Å². The minimum absolute atomic E-state index is 0.0896. The molecule has 0 amide bonds. The zero-order valence-corrected chi connectivity index (χ0v) is 19.9. The number of aliphatic imine (C=N–C) groups is 1. The molecule has 1 aromatic rings. The Balaban J connectivity index is 2.53. The number of nitrogens with zero attached hydrogens (tertiary/aromatic N) is 1. The van der Waals surface area contributed by atoms with Crippen LogP contribution in [0.25, 0.3) is 6.08 Å². The van der Waals surface area contributed by atoms with Crippen molar-refractivity contribution in [3.8, 4) is 0 Å². The zero-order valence-electron chi connectivity index (χ0n) is 13.6. The Morgan fingerprint density at radius 2 is 1.70 bits per heavy atom. The van der Waals surface area contributed by atoms with Gasteiger partial charge in [-0.15, -0.1) is 0 Å². The maximum atomic E-state index is 4.83. The van der Waals surface area contributed by atoms with E-state index in [0.29, 0.717) is 0 Å². The highest BCUT2D eigenvalue weighted by Crippen LogP contribution is 2.37. The van der Waals surface area contributed by atoms with Gasteiger partial charge in [0.25, 0.3) is 0 Å². The van der Waals surface area contributed by atoms with Crippen molar-refractivity contribution in [3.63, 3.8) is 0 Å². The van der Waals surface area contributed by atoms with Crippen molar-refractivity contribution in [2.24, 2.45) is 4.99 Å². The Kier molecular flexibility index (Phi) is 6.97. The molecular formula is C17H20Br4N2. The molecule has 0 saturated carbocycles. The van der Waals surface area contributed by atoms with Crippen molar-refractivity contribution in [3.05, 3.63) is 39.4 Å². The highest BCUT2D eigenvalue weighted by atomic mass is 79.9. The monoisotopic (exact) mass is 568 g/mol. The molecule has 0 unspecified atom stereocenters. The molecule has 6 heteroatoms. The van der Waals surface area contributed by atoms with E-state index in [4.69, 9.17) is 4.99 Å². The van der Waals surface area contributed by atoms with Gasteiger partial charge < -0.3 is 4.98 Å². The van der Waals surface area contributed by atoms with E-state index in [1.807, 2.05) is 0 Å². The van der Waals surface area contributed by atoms with Gasteiger partial charge >= 0.3 is 0 Å². The SMILES string of the molecule is CCC1=C(C)/C(=C/c2[nH]c(C(Br)Br)c(CC)c2C)N=C1C(Br)Br. The number of alkyl halides is 4. The molecule has 0 aliphatic carbocycles. The average Bonchev–Trinajstić information content (AvgIpc) is 2.98. The van der Waals surface area contributed by atoms with Gasteiger partial charge in [-0.2, -0.15) is 0 Å². The number of allylic oxidation sites excluding steroid dienone is 2. The van der Waals surface area contributed by atoms with Crippen molar-refractivity contribution < 1.29 is 0 Å². The summed E-state index contributed by atoms with van der Waals surface area (Å²) >= 11 is 14.4. The first-order chi connectivity index (χ1) is 10.8. The van der Waals surface area contributed by atoms with Crippen LogP contribution in [0.2, 0.25) is 0 Å². The lowest BCUT2D eigenvalue weighted by atomic mass is 10.0.